The van der Waals surface area contributed by atoms with Crippen LogP contribution in [0.25, 0.3) is 0 Å². The predicted molar refractivity (Wildman–Crippen MR) is 63.7 cm³/mol. The molecule has 0 bridgehead atoms. The van der Waals surface area contributed by atoms with Gasteiger partial charge in [-0.1, -0.05) is 6.07 Å². The molecule has 0 aromatic carbocycles. The van der Waals surface area contributed by atoms with E-state index in [1.165, 1.54) is 0 Å². The van der Waals surface area contributed by atoms with Gasteiger partial charge >= 0.3 is 5.97 Å². The first-order chi connectivity index (χ1) is 7.75. The van der Waals surface area contributed by atoms with Gasteiger partial charge in [0.05, 0.1) is 12.5 Å². The monoisotopic (exact) mass is 240 g/mol. The Kier molecular flexibility index (Phi) is 3.93. The predicted octanol–water partition coefficient (Wildman–Crippen LogP) is 1.22. The van der Waals surface area contributed by atoms with Crippen molar-refractivity contribution in [3.8, 4) is 0 Å². The summed E-state index contributed by atoms with van der Waals surface area (Å²) in [5, 5.41) is 17.6. The zero-order valence-corrected chi connectivity index (χ0v) is 9.80. The third-order valence-electron chi connectivity index (χ3n) is 2.76. The van der Waals surface area contributed by atoms with Crippen molar-refractivity contribution in [2.75, 3.05) is 13.1 Å². The lowest BCUT2D eigenvalue weighted by Gasteiger charge is -2.20. The highest BCUT2D eigenvalue weighted by molar-refractivity contribution is 7.10. The number of hydrogen-bond acceptors (Lipinski definition) is 4. The Balaban J connectivity index is 1.99. The van der Waals surface area contributed by atoms with Crippen LogP contribution in [0.15, 0.2) is 17.5 Å². The number of thiophene rings is 1. The van der Waals surface area contributed by atoms with Crippen LogP contribution in [0.2, 0.25) is 0 Å². The maximum Gasteiger partial charge on any atom is 0.305 e. The molecule has 2 heterocycles. The third kappa shape index (κ3) is 3.04. The molecule has 16 heavy (non-hydrogen) atoms. The summed E-state index contributed by atoms with van der Waals surface area (Å²) in [6.07, 6.45) is 1.22. The van der Waals surface area contributed by atoms with Gasteiger partial charge in [-0.15, -0.1) is 11.3 Å². The van der Waals surface area contributed by atoms with Crippen LogP contribution >= 0.6 is 11.3 Å². The average Bonchev–Trinajstić information content (AvgIpc) is 2.88. The first kappa shape index (κ1) is 11.6. The Labute approximate surface area is 98.7 Å². The van der Waals surface area contributed by atoms with Gasteiger partial charge in [0, 0.05) is 17.5 Å². The summed E-state index contributed by atoms with van der Waals surface area (Å²) in [5.74, 6) is -0.753. The van der Waals surface area contributed by atoms with Crippen LogP contribution in [0, 0.1) is 0 Å². The molecule has 3 N–H and O–H groups in total. The Morgan fingerprint density at radius 2 is 2.62 bits per heavy atom. The van der Waals surface area contributed by atoms with E-state index in [1.54, 1.807) is 11.3 Å². The average molecular weight is 240 g/mol. The smallest absolute Gasteiger partial charge is 0.305 e. The van der Waals surface area contributed by atoms with Crippen molar-refractivity contribution in [3.05, 3.63) is 22.4 Å². The van der Waals surface area contributed by atoms with E-state index in [1.807, 2.05) is 17.5 Å². The molecule has 2 unspecified atom stereocenters. The van der Waals surface area contributed by atoms with Gasteiger partial charge in [0.2, 0.25) is 0 Å². The minimum Gasteiger partial charge on any atom is -0.481 e. The number of carbonyl (C=O) groups is 1. The first-order valence-corrected chi connectivity index (χ1v) is 6.35. The molecule has 1 aliphatic rings. The van der Waals surface area contributed by atoms with Gasteiger partial charge in [-0.05, 0) is 24.4 Å². The molecule has 1 aliphatic heterocycles. The van der Waals surface area contributed by atoms with Crippen LogP contribution in [0.1, 0.15) is 23.8 Å². The molecule has 5 heteroatoms. The number of hydrogen-bond donors (Lipinski definition) is 3. The highest BCUT2D eigenvalue weighted by Crippen LogP contribution is 2.23. The van der Waals surface area contributed by atoms with E-state index < -0.39 is 5.97 Å². The molecule has 0 spiro atoms. The summed E-state index contributed by atoms with van der Waals surface area (Å²) in [4.78, 5) is 11.9. The number of nitrogens with one attached hydrogen (secondary N) is 2. The van der Waals surface area contributed by atoms with Gasteiger partial charge in [0.1, 0.15) is 0 Å². The van der Waals surface area contributed by atoms with Crippen LogP contribution < -0.4 is 10.6 Å². The second-order valence-electron chi connectivity index (χ2n) is 4.02. The summed E-state index contributed by atoms with van der Waals surface area (Å²) in [7, 11) is 0. The van der Waals surface area contributed by atoms with E-state index in [9.17, 15) is 4.79 Å². The van der Waals surface area contributed by atoms with Crippen LogP contribution in [0.5, 0.6) is 0 Å². The van der Waals surface area contributed by atoms with Crippen LogP contribution in [-0.2, 0) is 4.79 Å². The Morgan fingerprint density at radius 3 is 3.19 bits per heavy atom. The summed E-state index contributed by atoms with van der Waals surface area (Å²) in [5.41, 5.74) is 0. The number of rotatable bonds is 5. The molecule has 0 amide bonds. The van der Waals surface area contributed by atoms with Crippen molar-refractivity contribution in [2.24, 2.45) is 0 Å². The fourth-order valence-electron chi connectivity index (χ4n) is 1.99. The van der Waals surface area contributed by atoms with Crippen LogP contribution in [-0.4, -0.2) is 30.2 Å². The quantitative estimate of drug-likeness (QED) is 0.724. The van der Waals surface area contributed by atoms with Crippen molar-refractivity contribution < 1.29 is 9.90 Å². The van der Waals surface area contributed by atoms with Gasteiger partial charge in [0.15, 0.2) is 0 Å². The van der Waals surface area contributed by atoms with Crippen LogP contribution in [0.4, 0.5) is 0 Å². The lowest BCUT2D eigenvalue weighted by atomic mass is 10.1. The molecule has 1 saturated heterocycles. The Bertz CT molecular complexity index is 334. The standard InChI is InChI=1S/C11H16N2O2S/c14-11(15)6-9(10-2-1-5-16-10)13-8-3-4-12-7-8/h1-2,5,8-9,12-13H,3-4,6-7H2,(H,14,15). The van der Waals surface area contributed by atoms with Gasteiger partial charge in [-0.3, -0.25) is 4.79 Å². The molecule has 1 aromatic rings. The molecule has 1 fully saturated rings. The molecule has 2 atom stereocenters. The van der Waals surface area contributed by atoms with Gasteiger partial charge in [-0.2, -0.15) is 0 Å². The van der Waals surface area contributed by atoms with Crippen molar-refractivity contribution in [2.45, 2.75) is 24.9 Å². The molecule has 0 aliphatic carbocycles. The van der Waals surface area contributed by atoms with E-state index in [0.29, 0.717) is 6.04 Å². The number of carboxylic acids is 1. The SMILES string of the molecule is O=C(O)CC(NC1CCNC1)c1cccs1. The summed E-state index contributed by atoms with van der Waals surface area (Å²) >= 11 is 1.61. The molecule has 0 saturated carbocycles. The van der Waals surface area contributed by atoms with Crippen molar-refractivity contribution >= 4 is 17.3 Å². The Morgan fingerprint density at radius 1 is 1.75 bits per heavy atom. The lowest BCUT2D eigenvalue weighted by molar-refractivity contribution is -0.137. The molecule has 2 rings (SSSR count). The normalized spacial score (nSPS) is 22.1. The van der Waals surface area contributed by atoms with E-state index in [2.05, 4.69) is 10.6 Å². The van der Waals surface area contributed by atoms with Gasteiger partial charge in [0.25, 0.3) is 0 Å². The van der Waals surface area contributed by atoms with Gasteiger partial charge < -0.3 is 15.7 Å². The second-order valence-corrected chi connectivity index (χ2v) is 5.00. The second kappa shape index (κ2) is 5.43. The summed E-state index contributed by atoms with van der Waals surface area (Å²) in [6.45, 7) is 1.95. The van der Waals surface area contributed by atoms with E-state index in [0.717, 1.165) is 24.4 Å². The minimum atomic E-state index is -0.753. The molecule has 0 radical (unpaired) electrons. The minimum absolute atomic E-state index is 0.0533. The molecule has 1 aromatic heterocycles. The third-order valence-corrected chi connectivity index (χ3v) is 3.75. The molecule has 4 nitrogen and oxygen atoms in total. The maximum absolute atomic E-state index is 10.8. The zero-order chi connectivity index (χ0) is 11.4. The van der Waals surface area contributed by atoms with Crippen molar-refractivity contribution in [1.29, 1.82) is 0 Å². The highest BCUT2D eigenvalue weighted by atomic mass is 32.1. The van der Waals surface area contributed by atoms with Crippen molar-refractivity contribution in [1.82, 2.24) is 10.6 Å². The number of carboxylic acid groups (broad SMARTS) is 1. The van der Waals surface area contributed by atoms with Gasteiger partial charge in [-0.25, -0.2) is 0 Å². The maximum atomic E-state index is 10.8. The fourth-order valence-corrected chi connectivity index (χ4v) is 2.77. The number of aliphatic carboxylic acids is 1. The highest BCUT2D eigenvalue weighted by Gasteiger charge is 2.22. The Hall–Kier alpha value is -0.910. The first-order valence-electron chi connectivity index (χ1n) is 5.47. The largest absolute Gasteiger partial charge is 0.481 e. The fraction of sp³-hybridized carbons (Fsp3) is 0.545. The zero-order valence-electron chi connectivity index (χ0n) is 8.98. The molecular formula is C11H16N2O2S. The van der Waals surface area contributed by atoms with E-state index in [4.69, 9.17) is 5.11 Å². The summed E-state index contributed by atoms with van der Waals surface area (Å²) < 4.78 is 0. The van der Waals surface area contributed by atoms with Crippen LogP contribution in [0.3, 0.4) is 0 Å². The topological polar surface area (TPSA) is 61.4 Å². The lowest BCUT2D eigenvalue weighted by Crippen LogP contribution is -2.35. The van der Waals surface area contributed by atoms with E-state index in [-0.39, 0.29) is 12.5 Å². The van der Waals surface area contributed by atoms with Crippen molar-refractivity contribution in [3.63, 3.8) is 0 Å². The van der Waals surface area contributed by atoms with E-state index >= 15 is 0 Å². The molecular weight excluding hydrogens is 224 g/mol. The molecule has 88 valence electrons. The summed E-state index contributed by atoms with van der Waals surface area (Å²) in [6, 6.07) is 4.30.